The molecule has 1 aromatic carbocycles. The van der Waals surface area contributed by atoms with Gasteiger partial charge in [-0.2, -0.15) is 5.10 Å². The third-order valence-corrected chi connectivity index (χ3v) is 3.92. The van der Waals surface area contributed by atoms with Crippen molar-refractivity contribution in [1.29, 1.82) is 0 Å². The molecule has 0 amide bonds. The van der Waals surface area contributed by atoms with E-state index in [2.05, 4.69) is 5.10 Å². The maximum Gasteiger partial charge on any atom is 0.131 e. The molecule has 0 spiro atoms. The van der Waals surface area contributed by atoms with Crippen LogP contribution in [0.1, 0.15) is 23.9 Å². The van der Waals surface area contributed by atoms with Gasteiger partial charge in [-0.1, -0.05) is 23.2 Å². The number of hydrogen-bond acceptors (Lipinski definition) is 3. The Morgan fingerprint density at radius 3 is 2.67 bits per heavy atom. The summed E-state index contributed by atoms with van der Waals surface area (Å²) in [5.74, 6) is 0.770. The molecule has 0 fully saturated rings. The monoisotopic (exact) mass is 327 g/mol. The van der Waals surface area contributed by atoms with Crippen molar-refractivity contribution in [2.75, 3.05) is 0 Å². The van der Waals surface area contributed by atoms with Crippen LogP contribution in [0.4, 0.5) is 0 Å². The molecule has 2 aromatic rings. The normalized spacial score (nSPS) is 12.5. The quantitative estimate of drug-likeness (QED) is 0.914. The van der Waals surface area contributed by atoms with Crippen LogP contribution in [0.25, 0.3) is 0 Å². The van der Waals surface area contributed by atoms with Gasteiger partial charge in [-0.15, -0.1) is 0 Å². The molecule has 114 valence electrons. The van der Waals surface area contributed by atoms with Crippen LogP contribution < -0.4 is 10.5 Å². The van der Waals surface area contributed by atoms with Gasteiger partial charge >= 0.3 is 0 Å². The highest BCUT2D eigenvalue weighted by Crippen LogP contribution is 2.26. The van der Waals surface area contributed by atoms with Crippen molar-refractivity contribution in [2.45, 2.75) is 32.9 Å². The minimum absolute atomic E-state index is 0.0355. The number of nitrogens with two attached hydrogens (primary N) is 1. The fourth-order valence-electron chi connectivity index (χ4n) is 2.18. The Kier molecular flexibility index (Phi) is 5.14. The van der Waals surface area contributed by atoms with Gasteiger partial charge in [-0.3, -0.25) is 4.68 Å². The molecular weight excluding hydrogens is 309 g/mol. The van der Waals surface area contributed by atoms with E-state index in [4.69, 9.17) is 33.7 Å². The molecule has 6 heteroatoms. The number of aromatic nitrogens is 2. The lowest BCUT2D eigenvalue weighted by molar-refractivity contribution is 0.291. The summed E-state index contributed by atoms with van der Waals surface area (Å²) in [5, 5.41) is 5.58. The fraction of sp³-hybridized carbons (Fsp3) is 0.400. The first-order valence-electron chi connectivity index (χ1n) is 6.73. The number of ether oxygens (including phenoxy) is 1. The number of rotatable bonds is 5. The SMILES string of the molecule is Cc1nn(C)c(COc2ccc(Cl)cc2CC(C)N)c1Cl. The lowest BCUT2D eigenvalue weighted by atomic mass is 10.1. The summed E-state index contributed by atoms with van der Waals surface area (Å²) in [5.41, 5.74) is 8.50. The van der Waals surface area contributed by atoms with E-state index in [-0.39, 0.29) is 6.04 Å². The molecule has 0 aliphatic rings. The maximum atomic E-state index is 6.23. The molecule has 21 heavy (non-hydrogen) atoms. The number of hydrogen-bond donors (Lipinski definition) is 1. The predicted molar refractivity (Wildman–Crippen MR) is 86.1 cm³/mol. The van der Waals surface area contributed by atoms with E-state index in [0.29, 0.717) is 23.1 Å². The smallest absolute Gasteiger partial charge is 0.131 e. The Bertz CT molecular complexity index is 638. The zero-order valence-corrected chi connectivity index (χ0v) is 13.9. The molecule has 0 radical (unpaired) electrons. The molecular formula is C15H19Cl2N3O. The summed E-state index contributed by atoms with van der Waals surface area (Å²) < 4.78 is 7.63. The van der Waals surface area contributed by atoms with Crippen LogP contribution in [0.3, 0.4) is 0 Å². The number of nitrogens with zero attached hydrogens (tertiary/aromatic N) is 2. The molecule has 1 heterocycles. The minimum atomic E-state index is 0.0355. The summed E-state index contributed by atoms with van der Waals surface area (Å²) >= 11 is 12.3. The minimum Gasteiger partial charge on any atom is -0.487 e. The molecule has 0 saturated heterocycles. The first kappa shape index (κ1) is 16.1. The third-order valence-electron chi connectivity index (χ3n) is 3.19. The highest BCUT2D eigenvalue weighted by Gasteiger charge is 2.13. The van der Waals surface area contributed by atoms with Crippen LogP contribution in [-0.2, 0) is 20.1 Å². The number of aryl methyl sites for hydroxylation is 2. The topological polar surface area (TPSA) is 53.1 Å². The van der Waals surface area contributed by atoms with E-state index in [9.17, 15) is 0 Å². The second kappa shape index (κ2) is 6.69. The third kappa shape index (κ3) is 3.90. The Balaban J connectivity index is 2.19. The lowest BCUT2D eigenvalue weighted by Crippen LogP contribution is -2.18. The van der Waals surface area contributed by atoms with E-state index in [0.717, 1.165) is 22.7 Å². The van der Waals surface area contributed by atoms with Crippen LogP contribution in [0, 0.1) is 6.92 Å². The number of halogens is 2. The summed E-state index contributed by atoms with van der Waals surface area (Å²) in [6, 6.07) is 5.58. The lowest BCUT2D eigenvalue weighted by Gasteiger charge is -2.14. The second-order valence-electron chi connectivity index (χ2n) is 5.19. The van der Waals surface area contributed by atoms with Crippen molar-refractivity contribution >= 4 is 23.2 Å². The van der Waals surface area contributed by atoms with Gasteiger partial charge < -0.3 is 10.5 Å². The Morgan fingerprint density at radius 2 is 2.10 bits per heavy atom. The average Bonchev–Trinajstić information content (AvgIpc) is 2.62. The van der Waals surface area contributed by atoms with Crippen molar-refractivity contribution in [1.82, 2.24) is 9.78 Å². The van der Waals surface area contributed by atoms with Crippen molar-refractivity contribution in [3.63, 3.8) is 0 Å². The van der Waals surface area contributed by atoms with Crippen molar-refractivity contribution < 1.29 is 4.74 Å². The fourth-order valence-corrected chi connectivity index (χ4v) is 2.59. The first-order chi connectivity index (χ1) is 9.88. The summed E-state index contributed by atoms with van der Waals surface area (Å²) in [4.78, 5) is 0. The van der Waals surface area contributed by atoms with E-state index >= 15 is 0 Å². The summed E-state index contributed by atoms with van der Waals surface area (Å²) in [7, 11) is 1.85. The standard InChI is InChI=1S/C15H19Cl2N3O/c1-9(18)6-11-7-12(16)4-5-14(11)21-8-13-15(17)10(2)19-20(13)3/h4-5,7,9H,6,8,18H2,1-3H3. The molecule has 0 saturated carbocycles. The largest absolute Gasteiger partial charge is 0.487 e. The van der Waals surface area contributed by atoms with E-state index in [1.807, 2.05) is 33.0 Å². The summed E-state index contributed by atoms with van der Waals surface area (Å²) in [6.45, 7) is 4.17. The van der Waals surface area contributed by atoms with Crippen LogP contribution >= 0.6 is 23.2 Å². The molecule has 0 aliphatic heterocycles. The van der Waals surface area contributed by atoms with Gasteiger partial charge in [0.25, 0.3) is 0 Å². The van der Waals surface area contributed by atoms with Crippen molar-refractivity contribution in [2.24, 2.45) is 12.8 Å². The zero-order valence-electron chi connectivity index (χ0n) is 12.4. The van der Waals surface area contributed by atoms with Gasteiger partial charge in [0, 0.05) is 18.1 Å². The van der Waals surface area contributed by atoms with E-state index in [1.165, 1.54) is 0 Å². The molecule has 1 atom stereocenters. The van der Waals surface area contributed by atoms with Crippen LogP contribution in [0.5, 0.6) is 5.75 Å². The molecule has 1 unspecified atom stereocenters. The zero-order chi connectivity index (χ0) is 15.6. The molecule has 0 aliphatic carbocycles. The maximum absolute atomic E-state index is 6.23. The van der Waals surface area contributed by atoms with Crippen LogP contribution in [-0.4, -0.2) is 15.8 Å². The molecule has 2 rings (SSSR count). The van der Waals surface area contributed by atoms with Crippen molar-refractivity contribution in [3.8, 4) is 5.75 Å². The summed E-state index contributed by atoms with van der Waals surface area (Å²) in [6.07, 6.45) is 0.702. The average molecular weight is 328 g/mol. The van der Waals surface area contributed by atoms with E-state index in [1.54, 1.807) is 10.7 Å². The molecule has 4 nitrogen and oxygen atoms in total. The Labute approximate surface area is 134 Å². The highest BCUT2D eigenvalue weighted by atomic mass is 35.5. The molecule has 2 N–H and O–H groups in total. The van der Waals surface area contributed by atoms with Gasteiger partial charge in [0.2, 0.25) is 0 Å². The van der Waals surface area contributed by atoms with Crippen LogP contribution in [0.2, 0.25) is 10.0 Å². The van der Waals surface area contributed by atoms with E-state index < -0.39 is 0 Å². The Hall–Kier alpha value is -1.23. The van der Waals surface area contributed by atoms with Gasteiger partial charge in [0.15, 0.2) is 0 Å². The highest BCUT2D eigenvalue weighted by molar-refractivity contribution is 6.31. The molecule has 0 bridgehead atoms. The van der Waals surface area contributed by atoms with Crippen LogP contribution in [0.15, 0.2) is 18.2 Å². The van der Waals surface area contributed by atoms with Gasteiger partial charge in [-0.25, -0.2) is 0 Å². The second-order valence-corrected chi connectivity index (χ2v) is 6.01. The molecule has 1 aromatic heterocycles. The Morgan fingerprint density at radius 1 is 1.38 bits per heavy atom. The number of benzene rings is 1. The van der Waals surface area contributed by atoms with Gasteiger partial charge in [-0.05, 0) is 44.0 Å². The van der Waals surface area contributed by atoms with Gasteiger partial charge in [0.1, 0.15) is 12.4 Å². The van der Waals surface area contributed by atoms with Gasteiger partial charge in [0.05, 0.1) is 16.4 Å². The van der Waals surface area contributed by atoms with Crippen molar-refractivity contribution in [3.05, 3.63) is 45.2 Å². The predicted octanol–water partition coefficient (Wildman–Crippen LogP) is 3.50. The first-order valence-corrected chi connectivity index (χ1v) is 7.49.